The van der Waals surface area contributed by atoms with Gasteiger partial charge in [0.15, 0.2) is 6.10 Å². The van der Waals surface area contributed by atoms with Crippen molar-refractivity contribution in [2.45, 2.75) is 341 Å². The predicted octanol–water partition coefficient (Wildman–Crippen LogP) is 21.9. The van der Waals surface area contributed by atoms with Crippen molar-refractivity contribution in [3.05, 3.63) is 60.8 Å². The molecule has 0 N–H and O–H groups in total. The summed E-state index contributed by atoms with van der Waals surface area (Å²) >= 11 is 0. The Labute approximate surface area is 460 Å². The van der Waals surface area contributed by atoms with Crippen LogP contribution in [0.4, 0.5) is 0 Å². The van der Waals surface area contributed by atoms with Crippen LogP contribution in [0.5, 0.6) is 0 Å². The molecule has 0 saturated heterocycles. The summed E-state index contributed by atoms with van der Waals surface area (Å²) in [7, 11) is 0. The van der Waals surface area contributed by atoms with Crippen molar-refractivity contribution in [3.8, 4) is 0 Å². The van der Waals surface area contributed by atoms with Gasteiger partial charge in [-0.25, -0.2) is 0 Å². The van der Waals surface area contributed by atoms with Crippen LogP contribution in [0.25, 0.3) is 0 Å². The maximum Gasteiger partial charge on any atom is 0.306 e. The molecular formula is C68H122O6. The van der Waals surface area contributed by atoms with E-state index < -0.39 is 6.10 Å². The lowest BCUT2D eigenvalue weighted by Crippen LogP contribution is -2.30. The van der Waals surface area contributed by atoms with Crippen molar-refractivity contribution in [3.63, 3.8) is 0 Å². The number of esters is 3. The molecule has 6 heteroatoms. The number of ether oxygens (including phenoxy) is 3. The molecule has 0 fully saturated rings. The molecule has 1 atom stereocenters. The number of carbonyl (C=O) groups excluding carboxylic acids is 3. The summed E-state index contributed by atoms with van der Waals surface area (Å²) in [5.41, 5.74) is 0. The van der Waals surface area contributed by atoms with E-state index in [0.717, 1.165) is 96.3 Å². The highest BCUT2D eigenvalue weighted by Gasteiger charge is 2.19. The molecule has 6 nitrogen and oxygen atoms in total. The monoisotopic (exact) mass is 1030 g/mol. The van der Waals surface area contributed by atoms with Crippen LogP contribution in [-0.2, 0) is 28.6 Å². The van der Waals surface area contributed by atoms with Gasteiger partial charge >= 0.3 is 17.9 Å². The summed E-state index contributed by atoms with van der Waals surface area (Å²) in [4.78, 5) is 38.3. The standard InChI is InChI=1S/C68H122O6/c1-4-7-10-13-16-19-22-25-28-31-33-35-37-40-43-46-49-52-55-58-61-67(70)73-64-65(63-72-66(69)60-57-54-51-48-45-42-39-36-30-27-24-21-18-15-12-9-6-3)74-68(71)62-59-56-53-50-47-44-41-38-34-32-29-26-23-20-17-14-11-8-5-2/h9,12,18,21,26-27,29-30,39,42,65H,4-8,10-11,13-17,19-20,22-25,28,31-38,40-41,43-64H2,1-3H3/b12-9-,21-18-,29-26-,30-27-,42-39-. The molecule has 0 aromatic heterocycles. The molecule has 0 rings (SSSR count). The van der Waals surface area contributed by atoms with Crippen LogP contribution in [0, 0.1) is 0 Å². The highest BCUT2D eigenvalue weighted by atomic mass is 16.6. The second-order valence-electron chi connectivity index (χ2n) is 21.6. The van der Waals surface area contributed by atoms with Gasteiger partial charge in [0.2, 0.25) is 0 Å². The maximum atomic E-state index is 12.9. The minimum absolute atomic E-state index is 0.0795. The van der Waals surface area contributed by atoms with Crippen molar-refractivity contribution in [1.29, 1.82) is 0 Å². The first-order chi connectivity index (χ1) is 36.5. The molecule has 1 unspecified atom stereocenters. The first-order valence-corrected chi connectivity index (χ1v) is 32.3. The van der Waals surface area contributed by atoms with Crippen molar-refractivity contribution >= 4 is 17.9 Å². The van der Waals surface area contributed by atoms with E-state index in [1.165, 1.54) is 199 Å². The summed E-state index contributed by atoms with van der Waals surface area (Å²) in [6.07, 6.45) is 79.4. The van der Waals surface area contributed by atoms with E-state index in [1.54, 1.807) is 0 Å². The van der Waals surface area contributed by atoms with Crippen molar-refractivity contribution in [2.75, 3.05) is 13.2 Å². The summed E-state index contributed by atoms with van der Waals surface area (Å²) in [6, 6.07) is 0. The second-order valence-corrected chi connectivity index (χ2v) is 21.6. The Morgan fingerprint density at radius 1 is 0.284 bits per heavy atom. The quantitative estimate of drug-likeness (QED) is 0.0261. The van der Waals surface area contributed by atoms with Gasteiger partial charge in [-0.3, -0.25) is 14.4 Å². The SMILES string of the molecule is CC/C=C\C/C=C\C/C=C\C/C=C\CCCCCCC(=O)OCC(COC(=O)CCCCCCCCCCCCCCCCCCCCCC)OC(=O)CCCCCCCCCCC/C=C\CCCCCCCC. The number of carbonyl (C=O) groups is 3. The van der Waals surface area contributed by atoms with Crippen LogP contribution in [0.15, 0.2) is 60.8 Å². The highest BCUT2D eigenvalue weighted by Crippen LogP contribution is 2.17. The van der Waals surface area contributed by atoms with Crippen LogP contribution in [0.2, 0.25) is 0 Å². The lowest BCUT2D eigenvalue weighted by Gasteiger charge is -2.18. The third-order valence-corrected chi connectivity index (χ3v) is 14.3. The molecule has 0 heterocycles. The maximum absolute atomic E-state index is 12.9. The molecule has 0 saturated carbocycles. The fraction of sp³-hybridized carbons (Fsp3) is 0.809. The Kier molecular flexibility index (Phi) is 60.2. The van der Waals surface area contributed by atoms with Gasteiger partial charge in [-0.05, 0) is 83.5 Å². The molecule has 430 valence electrons. The Morgan fingerprint density at radius 2 is 0.527 bits per heavy atom. The Bertz CT molecular complexity index is 1330. The Hall–Kier alpha value is -2.89. The van der Waals surface area contributed by atoms with Gasteiger partial charge in [0.05, 0.1) is 0 Å². The van der Waals surface area contributed by atoms with Crippen LogP contribution in [-0.4, -0.2) is 37.2 Å². The van der Waals surface area contributed by atoms with Gasteiger partial charge in [0, 0.05) is 19.3 Å². The zero-order valence-electron chi connectivity index (χ0n) is 49.4. The average Bonchev–Trinajstić information content (AvgIpc) is 3.40. The fourth-order valence-corrected chi connectivity index (χ4v) is 9.43. The van der Waals surface area contributed by atoms with Gasteiger partial charge in [0.25, 0.3) is 0 Å². The molecule has 0 amide bonds. The molecule has 0 aromatic carbocycles. The molecule has 0 spiro atoms. The first kappa shape index (κ1) is 71.1. The zero-order chi connectivity index (χ0) is 53.6. The van der Waals surface area contributed by atoms with Crippen LogP contribution >= 0.6 is 0 Å². The smallest absolute Gasteiger partial charge is 0.306 e. The predicted molar refractivity (Wildman–Crippen MR) is 321 cm³/mol. The second kappa shape index (κ2) is 62.6. The molecule has 0 aromatic rings. The average molecular weight is 1040 g/mol. The lowest BCUT2D eigenvalue weighted by molar-refractivity contribution is -0.167. The van der Waals surface area contributed by atoms with E-state index in [4.69, 9.17) is 14.2 Å². The highest BCUT2D eigenvalue weighted by molar-refractivity contribution is 5.71. The van der Waals surface area contributed by atoms with Crippen molar-refractivity contribution < 1.29 is 28.6 Å². The zero-order valence-corrected chi connectivity index (χ0v) is 49.4. The van der Waals surface area contributed by atoms with Gasteiger partial charge in [-0.1, -0.05) is 293 Å². The minimum Gasteiger partial charge on any atom is -0.462 e. The van der Waals surface area contributed by atoms with E-state index in [9.17, 15) is 14.4 Å². The molecule has 0 aliphatic carbocycles. The molecule has 0 aliphatic heterocycles. The van der Waals surface area contributed by atoms with Crippen LogP contribution in [0.1, 0.15) is 335 Å². The molecule has 0 radical (unpaired) electrons. The van der Waals surface area contributed by atoms with Gasteiger partial charge < -0.3 is 14.2 Å². The van der Waals surface area contributed by atoms with Crippen LogP contribution in [0.3, 0.4) is 0 Å². The Morgan fingerprint density at radius 3 is 0.838 bits per heavy atom. The summed E-state index contributed by atoms with van der Waals surface area (Å²) < 4.78 is 16.9. The van der Waals surface area contributed by atoms with E-state index in [0.29, 0.717) is 19.3 Å². The molecule has 0 bridgehead atoms. The summed E-state index contributed by atoms with van der Waals surface area (Å²) in [5, 5.41) is 0. The summed E-state index contributed by atoms with van der Waals surface area (Å²) in [6.45, 7) is 6.55. The third-order valence-electron chi connectivity index (χ3n) is 14.3. The summed E-state index contributed by atoms with van der Waals surface area (Å²) in [5.74, 6) is -0.887. The van der Waals surface area contributed by atoms with Gasteiger partial charge in [-0.15, -0.1) is 0 Å². The number of hydrogen-bond acceptors (Lipinski definition) is 6. The number of hydrogen-bond donors (Lipinski definition) is 0. The fourth-order valence-electron chi connectivity index (χ4n) is 9.43. The Balaban J connectivity index is 4.37. The van der Waals surface area contributed by atoms with E-state index in [-0.39, 0.29) is 31.1 Å². The van der Waals surface area contributed by atoms with Crippen molar-refractivity contribution in [1.82, 2.24) is 0 Å². The molecule has 0 aliphatic rings. The normalized spacial score (nSPS) is 12.4. The number of allylic oxidation sites excluding steroid dienone is 10. The van der Waals surface area contributed by atoms with E-state index >= 15 is 0 Å². The van der Waals surface area contributed by atoms with Crippen molar-refractivity contribution in [2.24, 2.45) is 0 Å². The van der Waals surface area contributed by atoms with Gasteiger partial charge in [-0.2, -0.15) is 0 Å². The number of rotatable bonds is 59. The molecule has 74 heavy (non-hydrogen) atoms. The topological polar surface area (TPSA) is 78.9 Å². The largest absolute Gasteiger partial charge is 0.462 e. The third kappa shape index (κ3) is 60.0. The molecular weight excluding hydrogens is 913 g/mol. The van der Waals surface area contributed by atoms with Gasteiger partial charge in [0.1, 0.15) is 13.2 Å². The minimum atomic E-state index is -0.785. The lowest BCUT2D eigenvalue weighted by atomic mass is 10.0. The number of unbranched alkanes of at least 4 members (excludes halogenated alkanes) is 38. The van der Waals surface area contributed by atoms with E-state index in [1.807, 2.05) is 0 Å². The van der Waals surface area contributed by atoms with E-state index in [2.05, 4.69) is 81.5 Å². The first-order valence-electron chi connectivity index (χ1n) is 32.3. The van der Waals surface area contributed by atoms with Crippen LogP contribution < -0.4 is 0 Å².